The minimum absolute atomic E-state index is 0.155. The molecule has 0 aliphatic carbocycles. The van der Waals surface area contributed by atoms with E-state index in [1.807, 2.05) is 0 Å². The van der Waals surface area contributed by atoms with Crippen molar-refractivity contribution in [3.05, 3.63) is 46.5 Å². The molecule has 1 aliphatic rings. The van der Waals surface area contributed by atoms with Crippen molar-refractivity contribution in [1.29, 1.82) is 0 Å². The molecule has 0 saturated heterocycles. The largest absolute Gasteiger partial charge is 0.505 e. The lowest BCUT2D eigenvalue weighted by atomic mass is 9.85. The van der Waals surface area contributed by atoms with E-state index in [1.54, 1.807) is 11.8 Å². The summed E-state index contributed by atoms with van der Waals surface area (Å²) in [7, 11) is -2.57. The molecular weight excluding hydrogens is 378 g/mol. The van der Waals surface area contributed by atoms with Crippen LogP contribution < -0.4 is 9.05 Å². The fourth-order valence-corrected chi connectivity index (χ4v) is 5.27. The molecule has 0 saturated carbocycles. The van der Waals surface area contributed by atoms with Crippen LogP contribution in [0.4, 0.5) is 4.20 Å². The Morgan fingerprint density at radius 2 is 1.11 bits per heavy atom. The van der Waals surface area contributed by atoms with E-state index in [4.69, 9.17) is 9.05 Å². The minimum Gasteiger partial charge on any atom is -0.413 e. The van der Waals surface area contributed by atoms with E-state index in [1.165, 1.54) is 0 Å². The lowest BCUT2D eigenvalue weighted by Gasteiger charge is -2.30. The molecular formula is C22H28FO2PS. The van der Waals surface area contributed by atoms with E-state index >= 15 is 0 Å². The SMILES string of the molecule is Cc1cc2c(c(C(C)(C)C)c1)OP(F)Oc1c(cc(C)cc1C(C)(C)C)S2. The van der Waals surface area contributed by atoms with Crippen LogP contribution in [0.2, 0.25) is 0 Å². The van der Waals surface area contributed by atoms with Gasteiger partial charge in [0.2, 0.25) is 0 Å². The summed E-state index contributed by atoms with van der Waals surface area (Å²) in [6, 6.07) is 8.32. The number of halogens is 1. The molecule has 2 aromatic rings. The molecule has 27 heavy (non-hydrogen) atoms. The van der Waals surface area contributed by atoms with Crippen LogP contribution in [0.3, 0.4) is 0 Å². The number of aryl methyl sites for hydroxylation is 2. The van der Waals surface area contributed by atoms with Gasteiger partial charge in [-0.15, -0.1) is 4.20 Å². The number of hydrogen-bond acceptors (Lipinski definition) is 3. The lowest BCUT2D eigenvalue weighted by molar-refractivity contribution is 0.408. The Morgan fingerprint density at radius 3 is 1.44 bits per heavy atom. The van der Waals surface area contributed by atoms with E-state index < -0.39 is 8.69 Å². The van der Waals surface area contributed by atoms with Crippen LogP contribution in [-0.4, -0.2) is 0 Å². The van der Waals surface area contributed by atoms with Crippen LogP contribution in [0, 0.1) is 13.8 Å². The first-order valence-electron chi connectivity index (χ1n) is 9.16. The third-order valence-electron chi connectivity index (χ3n) is 4.56. The van der Waals surface area contributed by atoms with Crippen LogP contribution in [0.1, 0.15) is 63.8 Å². The van der Waals surface area contributed by atoms with Crippen molar-refractivity contribution in [2.24, 2.45) is 0 Å². The van der Waals surface area contributed by atoms with Gasteiger partial charge >= 0.3 is 8.69 Å². The van der Waals surface area contributed by atoms with Gasteiger partial charge in [0.25, 0.3) is 0 Å². The number of rotatable bonds is 0. The predicted molar refractivity (Wildman–Crippen MR) is 113 cm³/mol. The molecule has 0 bridgehead atoms. The summed E-state index contributed by atoms with van der Waals surface area (Å²) in [6.07, 6.45) is 0. The molecule has 1 heterocycles. The average molecular weight is 407 g/mol. The Bertz CT molecular complexity index is 810. The summed E-state index contributed by atoms with van der Waals surface area (Å²) in [5.74, 6) is 1.22. The first kappa shape index (κ1) is 20.5. The highest BCUT2D eigenvalue weighted by atomic mass is 32.2. The zero-order valence-corrected chi connectivity index (χ0v) is 19.1. The molecule has 0 aromatic heterocycles. The van der Waals surface area contributed by atoms with Gasteiger partial charge in [0.1, 0.15) is 11.5 Å². The fourth-order valence-electron chi connectivity index (χ4n) is 3.21. The molecule has 0 atom stereocenters. The van der Waals surface area contributed by atoms with Crippen molar-refractivity contribution in [3.8, 4) is 11.5 Å². The predicted octanol–water partition coefficient (Wildman–Crippen LogP) is 8.02. The van der Waals surface area contributed by atoms with Gasteiger partial charge in [0.15, 0.2) is 0 Å². The second kappa shape index (κ2) is 6.97. The second-order valence-electron chi connectivity index (χ2n) is 9.28. The maximum Gasteiger partial charge on any atom is 0.505 e. The van der Waals surface area contributed by atoms with Crippen LogP contribution in [-0.2, 0) is 10.8 Å². The first-order chi connectivity index (χ1) is 12.4. The molecule has 146 valence electrons. The third-order valence-corrected chi connectivity index (χ3v) is 6.26. The molecule has 0 radical (unpaired) electrons. The minimum atomic E-state index is -2.57. The summed E-state index contributed by atoms with van der Waals surface area (Å²) >= 11 is 1.60. The lowest BCUT2D eigenvalue weighted by Crippen LogP contribution is -2.16. The molecule has 0 N–H and O–H groups in total. The van der Waals surface area contributed by atoms with Gasteiger partial charge in [0.05, 0.1) is 9.79 Å². The van der Waals surface area contributed by atoms with Crippen LogP contribution in [0.15, 0.2) is 34.1 Å². The van der Waals surface area contributed by atoms with Crippen molar-refractivity contribution >= 4 is 20.4 Å². The molecule has 2 aromatic carbocycles. The highest BCUT2D eigenvalue weighted by Gasteiger charge is 2.32. The summed E-state index contributed by atoms with van der Waals surface area (Å²) in [4.78, 5) is 1.89. The van der Waals surface area contributed by atoms with Gasteiger partial charge in [-0.05, 0) is 47.9 Å². The standard InChI is InChI=1S/C22H28FO2PS/c1-13-9-15(21(3,4)5)19-17(11-13)27-18-12-14(2)10-16(22(6,7)8)20(18)25-26(23)24-19/h9-12H,1-8H3. The maximum absolute atomic E-state index is 14.9. The van der Waals surface area contributed by atoms with E-state index in [0.29, 0.717) is 11.5 Å². The molecule has 0 unspecified atom stereocenters. The monoisotopic (exact) mass is 406 g/mol. The van der Waals surface area contributed by atoms with Crippen LogP contribution >= 0.6 is 20.4 Å². The number of benzene rings is 2. The zero-order valence-electron chi connectivity index (χ0n) is 17.4. The fraction of sp³-hybridized carbons (Fsp3) is 0.455. The van der Waals surface area contributed by atoms with Crippen LogP contribution in [0.5, 0.6) is 11.5 Å². The van der Waals surface area contributed by atoms with Gasteiger partial charge in [-0.1, -0.05) is 65.4 Å². The van der Waals surface area contributed by atoms with Crippen molar-refractivity contribution in [2.75, 3.05) is 0 Å². The van der Waals surface area contributed by atoms with Gasteiger partial charge in [-0.2, -0.15) is 0 Å². The molecule has 3 rings (SSSR count). The van der Waals surface area contributed by atoms with E-state index in [9.17, 15) is 4.20 Å². The molecule has 2 nitrogen and oxygen atoms in total. The van der Waals surface area contributed by atoms with Gasteiger partial charge in [-0.25, -0.2) is 0 Å². The highest BCUT2D eigenvalue weighted by molar-refractivity contribution is 7.99. The Morgan fingerprint density at radius 1 is 0.741 bits per heavy atom. The van der Waals surface area contributed by atoms with Crippen molar-refractivity contribution < 1.29 is 13.2 Å². The highest BCUT2D eigenvalue weighted by Crippen LogP contribution is 2.56. The quantitative estimate of drug-likeness (QED) is 0.413. The molecule has 0 amide bonds. The number of hydrogen-bond donors (Lipinski definition) is 0. The Balaban J connectivity index is 2.26. The van der Waals surface area contributed by atoms with Crippen molar-refractivity contribution in [1.82, 2.24) is 0 Å². The normalized spacial score (nSPS) is 15.1. The molecule has 0 spiro atoms. The smallest absolute Gasteiger partial charge is 0.413 e. The van der Waals surface area contributed by atoms with E-state index in [2.05, 4.69) is 79.7 Å². The van der Waals surface area contributed by atoms with Gasteiger partial charge in [0, 0.05) is 11.1 Å². The molecule has 1 aliphatic heterocycles. The van der Waals surface area contributed by atoms with E-state index in [-0.39, 0.29) is 10.8 Å². The van der Waals surface area contributed by atoms with Gasteiger partial charge in [-0.3, -0.25) is 0 Å². The summed E-state index contributed by atoms with van der Waals surface area (Å²) < 4.78 is 26.4. The second-order valence-corrected chi connectivity index (χ2v) is 11.2. The van der Waals surface area contributed by atoms with Crippen LogP contribution in [0.25, 0.3) is 0 Å². The Labute approximate surface area is 167 Å². The summed E-state index contributed by atoms with van der Waals surface area (Å²) in [5.41, 5.74) is 3.99. The maximum atomic E-state index is 14.9. The summed E-state index contributed by atoms with van der Waals surface area (Å²) in [5, 5.41) is 0. The van der Waals surface area contributed by atoms with Crippen molar-refractivity contribution in [2.45, 2.75) is 76.0 Å². The topological polar surface area (TPSA) is 18.5 Å². The van der Waals surface area contributed by atoms with Crippen molar-refractivity contribution in [3.63, 3.8) is 0 Å². The molecule has 0 fully saturated rings. The van der Waals surface area contributed by atoms with E-state index in [0.717, 1.165) is 32.0 Å². The van der Waals surface area contributed by atoms with Gasteiger partial charge < -0.3 is 9.05 Å². The Hall–Kier alpha value is -1.25. The first-order valence-corrected chi connectivity index (χ1v) is 11.0. The Kier molecular flexibility index (Phi) is 5.29. The third kappa shape index (κ3) is 4.27. The zero-order chi connectivity index (χ0) is 20.1. The summed E-state index contributed by atoms with van der Waals surface area (Å²) in [6.45, 7) is 16.8. The number of fused-ring (bicyclic) bond motifs is 2. The molecule has 5 heteroatoms. The average Bonchev–Trinajstić information content (AvgIpc) is 2.48.